The maximum atomic E-state index is 12.8. The molecule has 1 aromatic rings. The van der Waals surface area contributed by atoms with Crippen molar-refractivity contribution in [2.75, 3.05) is 20.7 Å². The maximum Gasteiger partial charge on any atom is 0.238 e. The van der Waals surface area contributed by atoms with Gasteiger partial charge >= 0.3 is 0 Å². The maximum absolute atomic E-state index is 12.8. The number of likely N-dealkylation sites (N-methyl/N-ethyl adjacent to an activating group) is 1. The smallest absolute Gasteiger partial charge is 0.238 e. The summed E-state index contributed by atoms with van der Waals surface area (Å²) >= 11 is 0. The summed E-state index contributed by atoms with van der Waals surface area (Å²) in [5.74, 6) is 1.29. The summed E-state index contributed by atoms with van der Waals surface area (Å²) < 4.78 is 10.7. The van der Waals surface area contributed by atoms with Crippen molar-refractivity contribution in [2.45, 2.75) is 63.1 Å². The Morgan fingerprint density at radius 2 is 2.22 bits per heavy atom. The Morgan fingerprint density at radius 1 is 1.48 bits per heavy atom. The molecule has 1 aromatic heterocycles. The van der Waals surface area contributed by atoms with E-state index in [1.165, 1.54) is 0 Å². The Hall–Kier alpha value is -1.47. The van der Waals surface area contributed by atoms with E-state index in [0.29, 0.717) is 18.1 Å². The van der Waals surface area contributed by atoms with Gasteiger partial charge in [0, 0.05) is 20.1 Å². The zero-order chi connectivity index (χ0) is 16.4. The first kappa shape index (κ1) is 16.4. The molecule has 2 atom stereocenters. The summed E-state index contributed by atoms with van der Waals surface area (Å²) in [6.45, 7) is 2.76. The fourth-order valence-electron chi connectivity index (χ4n) is 3.72. The van der Waals surface area contributed by atoms with Crippen LogP contribution in [-0.2, 0) is 21.5 Å². The lowest BCUT2D eigenvalue weighted by molar-refractivity contribution is -0.127. The van der Waals surface area contributed by atoms with Gasteiger partial charge in [0.1, 0.15) is 5.54 Å². The van der Waals surface area contributed by atoms with Gasteiger partial charge in [-0.05, 0) is 26.3 Å². The Labute approximate surface area is 136 Å². The second-order valence-electron chi connectivity index (χ2n) is 6.69. The molecular formula is C16H26N4O3. The second kappa shape index (κ2) is 6.57. The van der Waals surface area contributed by atoms with Crippen molar-refractivity contribution in [1.29, 1.82) is 0 Å². The van der Waals surface area contributed by atoms with Crippen LogP contribution in [0.2, 0.25) is 0 Å². The molecule has 1 saturated heterocycles. The predicted molar refractivity (Wildman–Crippen MR) is 83.8 cm³/mol. The van der Waals surface area contributed by atoms with Crippen LogP contribution >= 0.6 is 0 Å². The molecule has 1 N–H and O–H groups in total. The van der Waals surface area contributed by atoms with Crippen LogP contribution < -0.4 is 5.32 Å². The van der Waals surface area contributed by atoms with Gasteiger partial charge < -0.3 is 14.6 Å². The number of aryl methyl sites for hydroxylation is 1. The second-order valence-corrected chi connectivity index (χ2v) is 6.69. The third-order valence-electron chi connectivity index (χ3n) is 5.16. The van der Waals surface area contributed by atoms with Crippen LogP contribution in [0.15, 0.2) is 4.52 Å². The molecule has 3 rings (SSSR count). The standard InChI is InChI=1S/C16H26N4O3/c1-4-13-17-15(19-23-13)16(7-5-6-8-16)18-14(21)12-9-11(22-3)10-20(12)2/h11-12H,4-10H2,1-3H3,(H,18,21)/t11-,12-/m0/s1. The van der Waals surface area contributed by atoms with Crippen LogP contribution in [0.1, 0.15) is 50.7 Å². The normalized spacial score (nSPS) is 27.4. The molecule has 23 heavy (non-hydrogen) atoms. The highest BCUT2D eigenvalue weighted by atomic mass is 16.5. The fraction of sp³-hybridized carbons (Fsp3) is 0.812. The third kappa shape index (κ3) is 3.12. The number of likely N-dealkylation sites (tertiary alicyclic amines) is 1. The van der Waals surface area contributed by atoms with E-state index < -0.39 is 5.54 Å². The van der Waals surface area contributed by atoms with E-state index in [4.69, 9.17) is 9.26 Å². The molecule has 0 bridgehead atoms. The van der Waals surface area contributed by atoms with Crippen LogP contribution in [0.25, 0.3) is 0 Å². The summed E-state index contributed by atoms with van der Waals surface area (Å²) in [6, 6.07) is -0.157. The topological polar surface area (TPSA) is 80.5 Å². The molecule has 0 spiro atoms. The molecule has 2 aliphatic rings. The van der Waals surface area contributed by atoms with Gasteiger partial charge in [-0.15, -0.1) is 0 Å². The zero-order valence-electron chi connectivity index (χ0n) is 14.2. The molecule has 1 aliphatic carbocycles. The lowest BCUT2D eigenvalue weighted by atomic mass is 9.95. The lowest BCUT2D eigenvalue weighted by Crippen LogP contribution is -2.51. The van der Waals surface area contributed by atoms with E-state index >= 15 is 0 Å². The van der Waals surface area contributed by atoms with Gasteiger partial charge in [0.15, 0.2) is 5.82 Å². The van der Waals surface area contributed by atoms with E-state index in [0.717, 1.165) is 38.6 Å². The number of aromatic nitrogens is 2. The minimum atomic E-state index is -0.472. The minimum absolute atomic E-state index is 0.0387. The van der Waals surface area contributed by atoms with Crippen molar-refractivity contribution >= 4 is 5.91 Å². The number of carbonyl (C=O) groups is 1. The molecule has 7 nitrogen and oxygen atoms in total. The highest BCUT2D eigenvalue weighted by Crippen LogP contribution is 2.37. The van der Waals surface area contributed by atoms with E-state index in [2.05, 4.69) is 20.4 Å². The largest absolute Gasteiger partial charge is 0.380 e. The zero-order valence-corrected chi connectivity index (χ0v) is 14.2. The summed E-state index contributed by atoms with van der Waals surface area (Å²) in [5.41, 5.74) is -0.472. The van der Waals surface area contributed by atoms with E-state index in [-0.39, 0.29) is 18.1 Å². The van der Waals surface area contributed by atoms with Crippen LogP contribution in [0.4, 0.5) is 0 Å². The van der Waals surface area contributed by atoms with Crippen molar-refractivity contribution in [3.05, 3.63) is 11.7 Å². The summed E-state index contributed by atoms with van der Waals surface area (Å²) in [7, 11) is 3.66. The molecule has 0 unspecified atom stereocenters. The molecule has 1 amide bonds. The van der Waals surface area contributed by atoms with Crippen molar-refractivity contribution in [2.24, 2.45) is 0 Å². The third-order valence-corrected chi connectivity index (χ3v) is 5.16. The number of nitrogens with one attached hydrogen (secondary N) is 1. The highest BCUT2D eigenvalue weighted by Gasteiger charge is 2.44. The summed E-state index contributed by atoms with van der Waals surface area (Å²) in [4.78, 5) is 19.4. The summed E-state index contributed by atoms with van der Waals surface area (Å²) in [6.07, 6.45) is 5.41. The average molecular weight is 322 g/mol. The van der Waals surface area contributed by atoms with Crippen molar-refractivity contribution in [3.63, 3.8) is 0 Å². The van der Waals surface area contributed by atoms with Gasteiger partial charge in [-0.2, -0.15) is 4.98 Å². The van der Waals surface area contributed by atoms with Gasteiger partial charge in [-0.25, -0.2) is 0 Å². The number of rotatable bonds is 5. The van der Waals surface area contributed by atoms with Gasteiger partial charge in [-0.1, -0.05) is 24.9 Å². The molecular weight excluding hydrogens is 296 g/mol. The van der Waals surface area contributed by atoms with Crippen molar-refractivity contribution in [3.8, 4) is 0 Å². The molecule has 2 heterocycles. The number of amides is 1. The number of carbonyl (C=O) groups excluding carboxylic acids is 1. The SMILES string of the molecule is CCc1nc(C2(NC(=O)[C@@H]3C[C@H](OC)CN3C)CCCC2)no1. The molecule has 0 aromatic carbocycles. The fourth-order valence-corrected chi connectivity index (χ4v) is 3.72. The van der Waals surface area contributed by atoms with Crippen LogP contribution in [-0.4, -0.2) is 53.8 Å². The van der Waals surface area contributed by atoms with Crippen molar-refractivity contribution < 1.29 is 14.1 Å². The Kier molecular flexibility index (Phi) is 4.68. The number of methoxy groups -OCH3 is 1. The number of nitrogens with zero attached hydrogens (tertiary/aromatic N) is 3. The van der Waals surface area contributed by atoms with Gasteiger partial charge in [0.05, 0.1) is 12.1 Å². The molecule has 0 radical (unpaired) electrons. The monoisotopic (exact) mass is 322 g/mol. The Balaban J connectivity index is 1.76. The molecule has 1 aliphatic heterocycles. The minimum Gasteiger partial charge on any atom is -0.380 e. The van der Waals surface area contributed by atoms with Crippen LogP contribution in [0, 0.1) is 0 Å². The van der Waals surface area contributed by atoms with E-state index in [1.807, 2.05) is 14.0 Å². The van der Waals surface area contributed by atoms with Gasteiger partial charge in [0.25, 0.3) is 0 Å². The number of ether oxygens (including phenoxy) is 1. The van der Waals surface area contributed by atoms with E-state index in [1.54, 1.807) is 7.11 Å². The molecule has 128 valence electrons. The van der Waals surface area contributed by atoms with Crippen molar-refractivity contribution in [1.82, 2.24) is 20.4 Å². The van der Waals surface area contributed by atoms with E-state index in [9.17, 15) is 4.79 Å². The van der Waals surface area contributed by atoms with Crippen LogP contribution in [0.3, 0.4) is 0 Å². The molecule has 2 fully saturated rings. The van der Waals surface area contributed by atoms with Gasteiger partial charge in [0.2, 0.25) is 11.8 Å². The number of hydrogen-bond acceptors (Lipinski definition) is 6. The summed E-state index contributed by atoms with van der Waals surface area (Å²) in [5, 5.41) is 7.37. The predicted octanol–water partition coefficient (Wildman–Crippen LogP) is 1.24. The highest BCUT2D eigenvalue weighted by molar-refractivity contribution is 5.83. The Bertz CT molecular complexity index is 553. The molecule has 7 heteroatoms. The first-order valence-electron chi connectivity index (χ1n) is 8.46. The first-order chi connectivity index (χ1) is 11.1. The lowest BCUT2D eigenvalue weighted by Gasteiger charge is -2.29. The van der Waals surface area contributed by atoms with Crippen LogP contribution in [0.5, 0.6) is 0 Å². The first-order valence-corrected chi connectivity index (χ1v) is 8.46. The quantitative estimate of drug-likeness (QED) is 0.878. The Morgan fingerprint density at radius 3 is 2.78 bits per heavy atom. The molecule has 1 saturated carbocycles. The number of hydrogen-bond donors (Lipinski definition) is 1. The average Bonchev–Trinajstić information content (AvgIpc) is 3.25. The van der Waals surface area contributed by atoms with Gasteiger partial charge in [-0.3, -0.25) is 9.69 Å².